The lowest BCUT2D eigenvalue weighted by atomic mass is 10.1. The summed E-state index contributed by atoms with van der Waals surface area (Å²) in [5.74, 6) is -0.992. The number of hydrogen-bond acceptors (Lipinski definition) is 3. The van der Waals surface area contributed by atoms with Gasteiger partial charge in [0.1, 0.15) is 0 Å². The zero-order valence-electron chi connectivity index (χ0n) is 13.8. The first kappa shape index (κ1) is 18.4. The number of hydrazone groups is 1. The molecule has 0 aliphatic heterocycles. The molecule has 0 bridgehead atoms. The Morgan fingerprint density at radius 3 is 2.60 bits per heavy atom. The second kappa shape index (κ2) is 8.75. The molecule has 0 aliphatic carbocycles. The van der Waals surface area contributed by atoms with Crippen molar-refractivity contribution in [1.29, 1.82) is 0 Å². The van der Waals surface area contributed by atoms with Gasteiger partial charge in [0, 0.05) is 19.2 Å². The molecule has 0 aromatic heterocycles. The van der Waals surface area contributed by atoms with Gasteiger partial charge in [0.15, 0.2) is 5.11 Å². The largest absolute Gasteiger partial charge is 0.478 e. The second-order valence-corrected chi connectivity index (χ2v) is 5.65. The molecule has 6 heteroatoms. The molecular formula is C19H19N3O2S. The van der Waals surface area contributed by atoms with Crippen LogP contribution in [0.2, 0.25) is 0 Å². The summed E-state index contributed by atoms with van der Waals surface area (Å²) in [5.41, 5.74) is 2.86. The molecule has 2 aromatic rings. The van der Waals surface area contributed by atoms with Crippen LogP contribution in [0.1, 0.15) is 27.0 Å². The number of carboxylic acids is 1. The maximum Gasteiger partial charge on any atom is 0.336 e. The Morgan fingerprint density at radius 1 is 1.28 bits per heavy atom. The van der Waals surface area contributed by atoms with E-state index in [1.807, 2.05) is 24.3 Å². The van der Waals surface area contributed by atoms with Gasteiger partial charge in [0.05, 0.1) is 11.8 Å². The number of carbonyl (C=O) groups is 1. The van der Waals surface area contributed by atoms with Crippen LogP contribution in [0.5, 0.6) is 0 Å². The average molecular weight is 353 g/mol. The fourth-order valence-electron chi connectivity index (χ4n) is 2.07. The molecule has 5 nitrogen and oxygen atoms in total. The van der Waals surface area contributed by atoms with E-state index in [0.29, 0.717) is 17.2 Å². The van der Waals surface area contributed by atoms with Crippen molar-refractivity contribution >= 4 is 35.6 Å². The highest BCUT2D eigenvalue weighted by Crippen LogP contribution is 2.07. The third kappa shape index (κ3) is 5.26. The summed E-state index contributed by atoms with van der Waals surface area (Å²) in [6, 6.07) is 14.6. The van der Waals surface area contributed by atoms with E-state index < -0.39 is 5.97 Å². The van der Waals surface area contributed by atoms with Gasteiger partial charge in [-0.2, -0.15) is 5.10 Å². The van der Waals surface area contributed by atoms with Crippen molar-refractivity contribution < 1.29 is 9.90 Å². The molecule has 0 amide bonds. The van der Waals surface area contributed by atoms with Crippen LogP contribution in [-0.4, -0.2) is 34.5 Å². The van der Waals surface area contributed by atoms with Gasteiger partial charge in [-0.25, -0.2) is 9.80 Å². The standard InChI is InChI=1S/C19H19N3O2S/c1-3-14-8-10-15(11-9-14)12-20-19(25)22(2)21-13-16-6-4-5-7-17(16)18(23)24/h3-11,13H,1,12H2,2H3,(H,20,25)(H,23,24). The van der Waals surface area contributed by atoms with Crippen LogP contribution in [-0.2, 0) is 6.54 Å². The molecular weight excluding hydrogens is 334 g/mol. The molecule has 0 spiro atoms. The highest BCUT2D eigenvalue weighted by atomic mass is 32.1. The van der Waals surface area contributed by atoms with Crippen molar-refractivity contribution in [3.05, 3.63) is 77.4 Å². The number of nitrogens with zero attached hydrogens (tertiary/aromatic N) is 2. The third-order valence-electron chi connectivity index (χ3n) is 3.51. The number of carboxylic acid groups (broad SMARTS) is 1. The molecule has 0 heterocycles. The molecule has 0 radical (unpaired) electrons. The molecule has 0 aliphatic rings. The molecule has 128 valence electrons. The molecule has 0 atom stereocenters. The van der Waals surface area contributed by atoms with Gasteiger partial charge in [0.25, 0.3) is 0 Å². The number of thiocarbonyl (C=S) groups is 1. The minimum absolute atomic E-state index is 0.195. The van der Waals surface area contributed by atoms with Crippen molar-refractivity contribution in [2.24, 2.45) is 5.10 Å². The van der Waals surface area contributed by atoms with E-state index in [1.54, 1.807) is 31.3 Å². The molecule has 25 heavy (non-hydrogen) atoms. The van der Waals surface area contributed by atoms with E-state index in [4.69, 9.17) is 17.3 Å². The fourth-order valence-corrected chi connectivity index (χ4v) is 2.19. The first-order valence-electron chi connectivity index (χ1n) is 7.60. The molecule has 0 saturated heterocycles. The summed E-state index contributed by atoms with van der Waals surface area (Å²) in [7, 11) is 1.70. The lowest BCUT2D eigenvalue weighted by Gasteiger charge is -2.16. The molecule has 0 fully saturated rings. The van der Waals surface area contributed by atoms with E-state index in [2.05, 4.69) is 17.0 Å². The molecule has 0 unspecified atom stereocenters. The van der Waals surface area contributed by atoms with Crippen molar-refractivity contribution in [2.75, 3.05) is 7.05 Å². The molecule has 0 saturated carbocycles. The number of benzene rings is 2. The van der Waals surface area contributed by atoms with Crippen LogP contribution in [0.25, 0.3) is 6.08 Å². The molecule has 2 N–H and O–H groups in total. The van der Waals surface area contributed by atoms with Gasteiger partial charge in [0.2, 0.25) is 0 Å². The minimum atomic E-state index is -0.992. The predicted molar refractivity (Wildman–Crippen MR) is 105 cm³/mol. The first-order valence-corrected chi connectivity index (χ1v) is 8.01. The average Bonchev–Trinajstić information content (AvgIpc) is 2.64. The molecule has 2 rings (SSSR count). The summed E-state index contributed by atoms with van der Waals surface area (Å²) in [6.07, 6.45) is 3.27. The van der Waals surface area contributed by atoms with Gasteiger partial charge in [-0.3, -0.25) is 0 Å². The van der Waals surface area contributed by atoms with Crippen LogP contribution >= 0.6 is 12.2 Å². The summed E-state index contributed by atoms with van der Waals surface area (Å²) in [5, 5.41) is 18.4. The summed E-state index contributed by atoms with van der Waals surface area (Å²) >= 11 is 5.29. The lowest BCUT2D eigenvalue weighted by Crippen LogP contribution is -2.33. The Bertz CT molecular complexity index is 801. The Balaban J connectivity index is 1.95. The maximum absolute atomic E-state index is 11.2. The van der Waals surface area contributed by atoms with E-state index in [1.165, 1.54) is 17.3 Å². The topological polar surface area (TPSA) is 64.9 Å². The Hall–Kier alpha value is -2.99. The van der Waals surface area contributed by atoms with E-state index in [9.17, 15) is 4.79 Å². The zero-order valence-corrected chi connectivity index (χ0v) is 14.7. The van der Waals surface area contributed by atoms with Gasteiger partial charge < -0.3 is 10.4 Å². The number of nitrogens with one attached hydrogen (secondary N) is 1. The SMILES string of the molecule is C=Cc1ccc(CNC(=S)N(C)N=Cc2ccccc2C(=O)O)cc1. The number of hydrogen-bond donors (Lipinski definition) is 2. The van der Waals surface area contributed by atoms with Gasteiger partial charge in [-0.15, -0.1) is 0 Å². The van der Waals surface area contributed by atoms with Gasteiger partial charge in [-0.1, -0.05) is 55.1 Å². The van der Waals surface area contributed by atoms with Crippen molar-refractivity contribution in [3.8, 4) is 0 Å². The van der Waals surface area contributed by atoms with Crippen molar-refractivity contribution in [2.45, 2.75) is 6.54 Å². The number of rotatable bonds is 6. The lowest BCUT2D eigenvalue weighted by molar-refractivity contribution is 0.0696. The van der Waals surface area contributed by atoms with Crippen LogP contribution in [0, 0.1) is 0 Å². The fraction of sp³-hybridized carbons (Fsp3) is 0.105. The Kier molecular flexibility index (Phi) is 6.42. The highest BCUT2D eigenvalue weighted by Gasteiger charge is 2.07. The Morgan fingerprint density at radius 2 is 1.96 bits per heavy atom. The predicted octanol–water partition coefficient (Wildman–Crippen LogP) is 3.37. The second-order valence-electron chi connectivity index (χ2n) is 5.26. The molecule has 2 aromatic carbocycles. The maximum atomic E-state index is 11.2. The quantitative estimate of drug-likeness (QED) is 0.474. The van der Waals surface area contributed by atoms with Crippen molar-refractivity contribution in [3.63, 3.8) is 0 Å². The summed E-state index contributed by atoms with van der Waals surface area (Å²) in [6.45, 7) is 4.30. The smallest absolute Gasteiger partial charge is 0.336 e. The van der Waals surface area contributed by atoms with E-state index >= 15 is 0 Å². The minimum Gasteiger partial charge on any atom is -0.478 e. The first-order chi connectivity index (χ1) is 12.0. The summed E-state index contributed by atoms with van der Waals surface area (Å²) < 4.78 is 0. The van der Waals surface area contributed by atoms with Crippen LogP contribution in [0.3, 0.4) is 0 Å². The van der Waals surface area contributed by atoms with Gasteiger partial charge in [-0.05, 0) is 29.4 Å². The van der Waals surface area contributed by atoms with Crippen LogP contribution in [0.15, 0.2) is 60.2 Å². The zero-order chi connectivity index (χ0) is 18.2. The monoisotopic (exact) mass is 353 g/mol. The van der Waals surface area contributed by atoms with Crippen LogP contribution in [0.4, 0.5) is 0 Å². The number of aromatic carboxylic acids is 1. The van der Waals surface area contributed by atoms with Gasteiger partial charge >= 0.3 is 5.97 Å². The normalized spacial score (nSPS) is 10.4. The van der Waals surface area contributed by atoms with E-state index in [-0.39, 0.29) is 5.56 Å². The third-order valence-corrected chi connectivity index (χ3v) is 3.92. The van der Waals surface area contributed by atoms with E-state index in [0.717, 1.165) is 11.1 Å². The Labute approximate surface area is 152 Å². The highest BCUT2D eigenvalue weighted by molar-refractivity contribution is 7.80. The summed E-state index contributed by atoms with van der Waals surface area (Å²) in [4.78, 5) is 11.2. The van der Waals surface area contributed by atoms with Crippen LogP contribution < -0.4 is 5.32 Å². The van der Waals surface area contributed by atoms with Crippen molar-refractivity contribution in [1.82, 2.24) is 10.3 Å².